The van der Waals surface area contributed by atoms with Crippen LogP contribution in [0.4, 0.5) is 24.8 Å². The van der Waals surface area contributed by atoms with E-state index in [1.807, 2.05) is 6.07 Å². The molecule has 220 valence electrons. The van der Waals surface area contributed by atoms with Crippen LogP contribution in [0.1, 0.15) is 54.5 Å². The fraction of sp³-hybridized carbons (Fsp3) is 0.400. The number of hydrogen-bond donors (Lipinski definition) is 4. The standard InChI is InChI=1S/C30H32F3N7O2/c1-17-9-18(10-25(36)28(17)42-8-2-6-34)21-5-7-37-14-26(21)40-29-38-13-20(39-29)3-4-24(35)27-22(31)11-19(12-23(27)32)30(33)15-41-16-30/h3-5,7,11-14,17-18,25,28,35H,2,8-10,15-16,36H2,1H3,(H2,38,39,40)/b4-3-,35-24?/t17-,18+,25+,28-/m0/s1. The van der Waals surface area contributed by atoms with E-state index < -0.39 is 28.6 Å². The third-order valence-corrected chi connectivity index (χ3v) is 7.78. The van der Waals surface area contributed by atoms with Crippen molar-refractivity contribution in [1.82, 2.24) is 15.0 Å². The minimum atomic E-state index is -1.91. The zero-order valence-electron chi connectivity index (χ0n) is 23.0. The molecule has 2 aromatic heterocycles. The van der Waals surface area contributed by atoms with Gasteiger partial charge in [-0.25, -0.2) is 18.2 Å². The maximum Gasteiger partial charge on any atom is 0.205 e. The lowest BCUT2D eigenvalue weighted by molar-refractivity contribution is -0.135. The summed E-state index contributed by atoms with van der Waals surface area (Å²) in [6.07, 6.45) is 9.46. The average Bonchev–Trinajstić information content (AvgIpc) is 3.39. The van der Waals surface area contributed by atoms with E-state index in [0.29, 0.717) is 31.1 Å². The molecule has 1 aliphatic heterocycles. The number of allylic oxidation sites excluding steroid dienone is 1. The van der Waals surface area contributed by atoms with Gasteiger partial charge in [-0.05, 0) is 66.2 Å². The molecular formula is C30H32F3N7O2. The van der Waals surface area contributed by atoms with E-state index in [4.69, 9.17) is 25.9 Å². The first-order chi connectivity index (χ1) is 20.2. The van der Waals surface area contributed by atoms with E-state index in [-0.39, 0.29) is 42.8 Å². The molecule has 0 radical (unpaired) electrons. The molecule has 5 N–H and O–H groups in total. The van der Waals surface area contributed by atoms with Crippen molar-refractivity contribution in [3.8, 4) is 6.07 Å². The number of aromatic amines is 1. The molecular weight excluding hydrogens is 547 g/mol. The minimum absolute atomic E-state index is 0.108. The van der Waals surface area contributed by atoms with E-state index in [1.165, 1.54) is 18.3 Å². The molecule has 12 heteroatoms. The maximum absolute atomic E-state index is 14.7. The molecule has 0 unspecified atom stereocenters. The molecule has 2 aliphatic rings. The second-order valence-corrected chi connectivity index (χ2v) is 10.8. The third-order valence-electron chi connectivity index (χ3n) is 7.78. The van der Waals surface area contributed by atoms with Crippen LogP contribution in [-0.4, -0.2) is 52.6 Å². The summed E-state index contributed by atoms with van der Waals surface area (Å²) < 4.78 is 54.6. The van der Waals surface area contributed by atoms with Gasteiger partial charge in [-0.15, -0.1) is 0 Å². The van der Waals surface area contributed by atoms with Crippen LogP contribution in [0.5, 0.6) is 0 Å². The number of nitrogens with one attached hydrogen (secondary N) is 3. The van der Waals surface area contributed by atoms with Crippen molar-refractivity contribution in [2.24, 2.45) is 11.7 Å². The Morgan fingerprint density at radius 3 is 2.74 bits per heavy atom. The highest BCUT2D eigenvalue weighted by molar-refractivity contribution is 6.09. The highest BCUT2D eigenvalue weighted by Gasteiger charge is 2.42. The van der Waals surface area contributed by atoms with Gasteiger partial charge in [-0.2, -0.15) is 5.26 Å². The SMILES string of the molecule is C[C@H]1C[C@@H](c2ccncc2Nc2ncc(/C=C\C(=N)c3c(F)cc(C4(F)COC4)cc3F)[nH]2)C[C@@H](N)[C@H]1OCCC#N. The molecule has 0 amide bonds. The van der Waals surface area contributed by atoms with Crippen molar-refractivity contribution in [2.45, 2.75) is 49.9 Å². The van der Waals surface area contributed by atoms with Crippen LogP contribution in [-0.2, 0) is 15.1 Å². The van der Waals surface area contributed by atoms with Crippen LogP contribution in [0.25, 0.3) is 6.08 Å². The number of alkyl halides is 1. The Bertz CT molecular complexity index is 1480. The topological polar surface area (TPSA) is 146 Å². The van der Waals surface area contributed by atoms with Crippen LogP contribution >= 0.6 is 0 Å². The molecule has 1 saturated carbocycles. The number of benzene rings is 1. The molecule has 3 heterocycles. The van der Waals surface area contributed by atoms with E-state index >= 15 is 0 Å². The number of aromatic nitrogens is 3. The fourth-order valence-corrected chi connectivity index (χ4v) is 5.62. The van der Waals surface area contributed by atoms with Gasteiger partial charge in [0.1, 0.15) is 11.6 Å². The molecule has 3 aromatic rings. The van der Waals surface area contributed by atoms with Crippen molar-refractivity contribution in [3.05, 3.63) is 76.9 Å². The van der Waals surface area contributed by atoms with Crippen molar-refractivity contribution in [1.29, 1.82) is 10.7 Å². The molecule has 0 bridgehead atoms. The molecule has 1 aromatic carbocycles. The summed E-state index contributed by atoms with van der Waals surface area (Å²) in [4.78, 5) is 11.7. The van der Waals surface area contributed by atoms with Crippen molar-refractivity contribution >= 4 is 23.4 Å². The monoisotopic (exact) mass is 579 g/mol. The summed E-state index contributed by atoms with van der Waals surface area (Å²) in [7, 11) is 0. The number of ether oxygens (including phenoxy) is 2. The van der Waals surface area contributed by atoms with Crippen LogP contribution in [0, 0.1) is 34.3 Å². The van der Waals surface area contributed by atoms with E-state index in [1.54, 1.807) is 12.4 Å². The average molecular weight is 580 g/mol. The first-order valence-electron chi connectivity index (χ1n) is 13.7. The fourth-order valence-electron chi connectivity index (χ4n) is 5.62. The molecule has 1 saturated heterocycles. The molecule has 9 nitrogen and oxygen atoms in total. The molecule has 4 atom stereocenters. The number of nitrogens with two attached hydrogens (primary N) is 1. The highest BCUT2D eigenvalue weighted by atomic mass is 19.1. The number of imidazole rings is 1. The van der Waals surface area contributed by atoms with E-state index in [2.05, 4.69) is 33.3 Å². The van der Waals surface area contributed by atoms with Crippen LogP contribution in [0.2, 0.25) is 0 Å². The van der Waals surface area contributed by atoms with Gasteiger partial charge in [-0.1, -0.05) is 6.92 Å². The zero-order chi connectivity index (χ0) is 29.9. The largest absolute Gasteiger partial charge is 0.375 e. The summed E-state index contributed by atoms with van der Waals surface area (Å²) in [6, 6.07) is 5.69. The smallest absolute Gasteiger partial charge is 0.205 e. The Balaban J connectivity index is 1.25. The van der Waals surface area contributed by atoms with Gasteiger partial charge in [0.2, 0.25) is 5.95 Å². The molecule has 5 rings (SSSR count). The number of H-pyrrole nitrogens is 1. The summed E-state index contributed by atoms with van der Waals surface area (Å²) >= 11 is 0. The Morgan fingerprint density at radius 2 is 2.07 bits per heavy atom. The van der Waals surface area contributed by atoms with Gasteiger partial charge in [0.15, 0.2) is 5.67 Å². The number of pyridine rings is 1. The summed E-state index contributed by atoms with van der Waals surface area (Å²) in [5.74, 6) is -1.26. The Kier molecular flexibility index (Phi) is 8.72. The van der Waals surface area contributed by atoms with Gasteiger partial charge >= 0.3 is 0 Å². The molecule has 0 spiro atoms. The van der Waals surface area contributed by atoms with Crippen LogP contribution < -0.4 is 11.1 Å². The maximum atomic E-state index is 14.7. The van der Waals surface area contributed by atoms with E-state index in [0.717, 1.165) is 29.8 Å². The minimum Gasteiger partial charge on any atom is -0.375 e. The first-order valence-corrected chi connectivity index (χ1v) is 13.7. The van der Waals surface area contributed by atoms with Gasteiger partial charge in [0.25, 0.3) is 0 Å². The lowest BCUT2D eigenvalue weighted by Crippen LogP contribution is -2.46. The molecule has 2 fully saturated rings. The van der Waals surface area contributed by atoms with Gasteiger partial charge in [0.05, 0.1) is 73.5 Å². The van der Waals surface area contributed by atoms with Crippen LogP contribution in [0.15, 0.2) is 42.9 Å². The Hall–Kier alpha value is -4.05. The first kappa shape index (κ1) is 29.4. The van der Waals surface area contributed by atoms with Crippen LogP contribution in [0.3, 0.4) is 0 Å². The predicted octanol–water partition coefficient (Wildman–Crippen LogP) is 5.24. The number of nitriles is 1. The second-order valence-electron chi connectivity index (χ2n) is 10.8. The number of anilines is 2. The van der Waals surface area contributed by atoms with Crippen molar-refractivity contribution < 1.29 is 22.6 Å². The summed E-state index contributed by atoms with van der Waals surface area (Å²) in [5, 5.41) is 20.2. The van der Waals surface area contributed by atoms with Gasteiger partial charge < -0.3 is 30.9 Å². The highest BCUT2D eigenvalue weighted by Crippen LogP contribution is 2.40. The number of rotatable bonds is 10. The van der Waals surface area contributed by atoms with Crippen molar-refractivity contribution in [2.75, 3.05) is 25.1 Å². The summed E-state index contributed by atoms with van der Waals surface area (Å²) in [6.45, 7) is 1.96. The van der Waals surface area contributed by atoms with Gasteiger partial charge in [0, 0.05) is 12.2 Å². The van der Waals surface area contributed by atoms with Crippen molar-refractivity contribution in [3.63, 3.8) is 0 Å². The normalized spacial score (nSPS) is 23.3. The zero-order valence-corrected chi connectivity index (χ0v) is 23.0. The Labute approximate surface area is 241 Å². The summed E-state index contributed by atoms with van der Waals surface area (Å²) in [5.41, 5.74) is 5.76. The molecule has 42 heavy (non-hydrogen) atoms. The lowest BCUT2D eigenvalue weighted by Gasteiger charge is -2.39. The lowest BCUT2D eigenvalue weighted by atomic mass is 9.74. The quantitative estimate of drug-likeness (QED) is 0.190. The number of halogens is 3. The van der Waals surface area contributed by atoms with Gasteiger partial charge in [-0.3, -0.25) is 4.98 Å². The number of hydrogen-bond acceptors (Lipinski definition) is 8. The van der Waals surface area contributed by atoms with E-state index in [9.17, 15) is 13.2 Å². The number of nitrogens with zero attached hydrogens (tertiary/aromatic N) is 3. The third kappa shape index (κ3) is 6.23. The predicted molar refractivity (Wildman–Crippen MR) is 151 cm³/mol. The molecule has 1 aliphatic carbocycles. The second kappa shape index (κ2) is 12.4. The Morgan fingerprint density at radius 1 is 1.31 bits per heavy atom.